The summed E-state index contributed by atoms with van der Waals surface area (Å²) in [5.74, 6) is -0.483. The number of hydrogen-bond donors (Lipinski definition) is 1. The van der Waals surface area contributed by atoms with Crippen LogP contribution in [-0.2, 0) is 0 Å². The fourth-order valence-corrected chi connectivity index (χ4v) is 2.32. The number of thiophene rings is 1. The van der Waals surface area contributed by atoms with Crippen molar-refractivity contribution in [1.29, 1.82) is 0 Å². The standard InChI is InChI=1S/C15H16N2O2S/c1-11(2)17(15(19)12-7-4-3-5-8-12)16-14(18)13-9-6-10-20-13/h3-11H,1-2H3,(H,16,18). The van der Waals surface area contributed by atoms with Crippen molar-refractivity contribution in [2.24, 2.45) is 0 Å². The van der Waals surface area contributed by atoms with Crippen molar-refractivity contribution >= 4 is 23.2 Å². The second-order valence-corrected chi connectivity index (χ2v) is 5.50. The van der Waals surface area contributed by atoms with Gasteiger partial charge in [0.15, 0.2) is 0 Å². The topological polar surface area (TPSA) is 49.4 Å². The number of carbonyl (C=O) groups is 2. The summed E-state index contributed by atoms with van der Waals surface area (Å²) < 4.78 is 0. The van der Waals surface area contributed by atoms with Crippen molar-refractivity contribution in [3.8, 4) is 0 Å². The third kappa shape index (κ3) is 3.24. The van der Waals surface area contributed by atoms with Crippen LogP contribution in [0.4, 0.5) is 0 Å². The monoisotopic (exact) mass is 288 g/mol. The molecule has 0 fully saturated rings. The molecule has 0 aliphatic carbocycles. The Bertz CT molecular complexity index is 579. The molecular formula is C15H16N2O2S. The fraction of sp³-hybridized carbons (Fsp3) is 0.200. The molecule has 0 spiro atoms. The Morgan fingerprint density at radius 1 is 1.10 bits per heavy atom. The second kappa shape index (κ2) is 6.34. The van der Waals surface area contributed by atoms with Gasteiger partial charge in [-0.05, 0) is 37.4 Å². The molecule has 0 saturated heterocycles. The van der Waals surface area contributed by atoms with Gasteiger partial charge in [0, 0.05) is 11.6 Å². The summed E-state index contributed by atoms with van der Waals surface area (Å²) in [5.41, 5.74) is 3.22. The number of nitrogens with zero attached hydrogens (tertiary/aromatic N) is 1. The van der Waals surface area contributed by atoms with E-state index in [0.717, 1.165) is 0 Å². The predicted molar refractivity (Wildman–Crippen MR) is 79.5 cm³/mol. The van der Waals surface area contributed by atoms with Gasteiger partial charge in [0.25, 0.3) is 11.8 Å². The molecule has 1 aromatic heterocycles. The first-order chi connectivity index (χ1) is 9.59. The molecule has 104 valence electrons. The van der Waals surface area contributed by atoms with Crippen LogP contribution in [0.25, 0.3) is 0 Å². The van der Waals surface area contributed by atoms with Crippen LogP contribution in [0, 0.1) is 0 Å². The molecule has 0 saturated carbocycles. The third-order valence-electron chi connectivity index (χ3n) is 2.72. The number of hydrazine groups is 1. The first kappa shape index (κ1) is 14.3. The Morgan fingerprint density at radius 2 is 1.80 bits per heavy atom. The summed E-state index contributed by atoms with van der Waals surface area (Å²) in [6, 6.07) is 12.3. The maximum absolute atomic E-state index is 12.4. The van der Waals surface area contributed by atoms with Crippen LogP contribution >= 0.6 is 11.3 Å². The van der Waals surface area contributed by atoms with Crippen molar-refractivity contribution in [3.05, 3.63) is 58.3 Å². The van der Waals surface area contributed by atoms with Crippen LogP contribution in [0.3, 0.4) is 0 Å². The van der Waals surface area contributed by atoms with Gasteiger partial charge in [-0.3, -0.25) is 15.0 Å². The highest BCUT2D eigenvalue weighted by Gasteiger charge is 2.21. The summed E-state index contributed by atoms with van der Waals surface area (Å²) in [7, 11) is 0. The third-order valence-corrected chi connectivity index (χ3v) is 3.59. The minimum absolute atomic E-state index is 0.133. The van der Waals surface area contributed by atoms with Gasteiger partial charge < -0.3 is 0 Å². The largest absolute Gasteiger partial charge is 0.279 e. The van der Waals surface area contributed by atoms with Gasteiger partial charge in [-0.2, -0.15) is 0 Å². The molecule has 20 heavy (non-hydrogen) atoms. The Kier molecular flexibility index (Phi) is 4.53. The quantitative estimate of drug-likeness (QED) is 0.883. The fourth-order valence-electron chi connectivity index (χ4n) is 1.71. The molecule has 4 nitrogen and oxygen atoms in total. The van der Waals surface area contributed by atoms with Crippen molar-refractivity contribution < 1.29 is 9.59 Å². The molecule has 0 radical (unpaired) electrons. The molecule has 5 heteroatoms. The van der Waals surface area contributed by atoms with E-state index in [1.165, 1.54) is 16.3 Å². The average Bonchev–Trinajstić information content (AvgIpc) is 2.98. The van der Waals surface area contributed by atoms with Crippen molar-refractivity contribution in [1.82, 2.24) is 10.4 Å². The molecule has 2 amide bonds. The van der Waals surface area contributed by atoms with Crippen LogP contribution in [0.15, 0.2) is 47.8 Å². The van der Waals surface area contributed by atoms with E-state index in [1.54, 1.807) is 36.4 Å². The molecule has 0 unspecified atom stereocenters. The van der Waals surface area contributed by atoms with Gasteiger partial charge in [-0.15, -0.1) is 11.3 Å². The molecule has 0 bridgehead atoms. The zero-order valence-corrected chi connectivity index (χ0v) is 12.2. The summed E-state index contributed by atoms with van der Waals surface area (Å²) >= 11 is 1.34. The van der Waals surface area contributed by atoms with Gasteiger partial charge in [0.05, 0.1) is 4.88 Å². The molecule has 1 aromatic carbocycles. The van der Waals surface area contributed by atoms with Crippen molar-refractivity contribution in [3.63, 3.8) is 0 Å². The lowest BCUT2D eigenvalue weighted by atomic mass is 10.2. The van der Waals surface area contributed by atoms with Crippen molar-refractivity contribution in [2.75, 3.05) is 0 Å². The smallest absolute Gasteiger partial charge is 0.267 e. The highest BCUT2D eigenvalue weighted by molar-refractivity contribution is 7.12. The minimum atomic E-state index is -0.266. The first-order valence-corrected chi connectivity index (χ1v) is 7.20. The number of benzene rings is 1. The maximum atomic E-state index is 12.4. The first-order valence-electron chi connectivity index (χ1n) is 6.32. The second-order valence-electron chi connectivity index (χ2n) is 4.55. The van der Waals surface area contributed by atoms with Crippen LogP contribution in [0.1, 0.15) is 33.9 Å². The molecule has 1 heterocycles. The van der Waals surface area contributed by atoms with E-state index in [4.69, 9.17) is 0 Å². The number of amides is 2. The Balaban J connectivity index is 2.16. The van der Waals surface area contributed by atoms with Crippen LogP contribution in [0.5, 0.6) is 0 Å². The predicted octanol–water partition coefficient (Wildman–Crippen LogP) is 2.94. The Labute approximate surface area is 122 Å². The van der Waals surface area contributed by atoms with E-state index in [2.05, 4.69) is 5.43 Å². The maximum Gasteiger partial charge on any atom is 0.279 e. The van der Waals surface area contributed by atoms with Crippen molar-refractivity contribution in [2.45, 2.75) is 19.9 Å². The molecule has 0 aliphatic heterocycles. The number of nitrogens with one attached hydrogen (secondary N) is 1. The van der Waals surface area contributed by atoms with Gasteiger partial charge >= 0.3 is 0 Å². The molecule has 1 N–H and O–H groups in total. The van der Waals surface area contributed by atoms with E-state index in [0.29, 0.717) is 10.4 Å². The van der Waals surface area contributed by atoms with Gasteiger partial charge in [-0.25, -0.2) is 5.01 Å². The minimum Gasteiger partial charge on any atom is -0.267 e. The molecule has 0 atom stereocenters. The highest BCUT2D eigenvalue weighted by atomic mass is 32.1. The average molecular weight is 288 g/mol. The lowest BCUT2D eigenvalue weighted by molar-refractivity contribution is 0.0518. The van der Waals surface area contributed by atoms with Crippen LogP contribution < -0.4 is 5.43 Å². The Hall–Kier alpha value is -2.14. The van der Waals surface area contributed by atoms with Gasteiger partial charge in [-0.1, -0.05) is 24.3 Å². The van der Waals surface area contributed by atoms with E-state index in [9.17, 15) is 9.59 Å². The summed E-state index contributed by atoms with van der Waals surface area (Å²) in [6.07, 6.45) is 0. The molecule has 0 aliphatic rings. The van der Waals surface area contributed by atoms with Gasteiger partial charge in [0.2, 0.25) is 0 Å². The van der Waals surface area contributed by atoms with Gasteiger partial charge in [0.1, 0.15) is 0 Å². The zero-order valence-electron chi connectivity index (χ0n) is 11.4. The van der Waals surface area contributed by atoms with E-state index in [-0.39, 0.29) is 17.9 Å². The van der Waals surface area contributed by atoms with E-state index >= 15 is 0 Å². The SMILES string of the molecule is CC(C)N(NC(=O)c1cccs1)C(=O)c1ccccc1. The zero-order chi connectivity index (χ0) is 14.5. The molecular weight excluding hydrogens is 272 g/mol. The normalized spacial score (nSPS) is 10.3. The lowest BCUT2D eigenvalue weighted by Gasteiger charge is -2.26. The number of carbonyl (C=O) groups excluding carboxylic acids is 2. The summed E-state index contributed by atoms with van der Waals surface area (Å²) in [4.78, 5) is 25.0. The summed E-state index contributed by atoms with van der Waals surface area (Å²) in [5, 5.41) is 3.19. The Morgan fingerprint density at radius 3 is 2.35 bits per heavy atom. The number of rotatable bonds is 3. The lowest BCUT2D eigenvalue weighted by Crippen LogP contribution is -2.49. The highest BCUT2D eigenvalue weighted by Crippen LogP contribution is 2.10. The van der Waals surface area contributed by atoms with E-state index in [1.807, 2.05) is 25.3 Å². The van der Waals surface area contributed by atoms with Crippen LogP contribution in [-0.4, -0.2) is 22.9 Å². The number of hydrogen-bond acceptors (Lipinski definition) is 3. The summed E-state index contributed by atoms with van der Waals surface area (Å²) in [6.45, 7) is 3.71. The van der Waals surface area contributed by atoms with Crippen LogP contribution in [0.2, 0.25) is 0 Å². The molecule has 2 aromatic rings. The van der Waals surface area contributed by atoms with E-state index < -0.39 is 0 Å². The molecule has 2 rings (SSSR count).